The van der Waals surface area contributed by atoms with E-state index in [1.165, 1.54) is 7.11 Å². The molecule has 0 aromatic heterocycles. The molecule has 1 aliphatic heterocycles. The zero-order chi connectivity index (χ0) is 12.0. The van der Waals surface area contributed by atoms with Gasteiger partial charge in [0.25, 0.3) is 0 Å². The third-order valence-corrected chi connectivity index (χ3v) is 2.86. The van der Waals surface area contributed by atoms with Gasteiger partial charge in [0.15, 0.2) is 0 Å². The predicted octanol–water partition coefficient (Wildman–Crippen LogP) is 0.476. The lowest BCUT2D eigenvalue weighted by Gasteiger charge is -2.17. The van der Waals surface area contributed by atoms with Crippen LogP contribution in [0.2, 0.25) is 0 Å². The van der Waals surface area contributed by atoms with Crippen LogP contribution < -0.4 is 10.6 Å². The second kappa shape index (κ2) is 8.31. The number of rotatable bonds is 3. The summed E-state index contributed by atoms with van der Waals surface area (Å²) in [6.45, 7) is 3.47. The molecule has 5 nitrogen and oxygen atoms in total. The minimum Gasteiger partial charge on any atom is -0.467 e. The molecule has 1 heterocycles. The van der Waals surface area contributed by atoms with Gasteiger partial charge in [0.05, 0.1) is 7.11 Å². The highest BCUT2D eigenvalue weighted by atomic mass is 35.5. The number of carbonyl (C=O) groups excluding carboxylic acids is 2. The van der Waals surface area contributed by atoms with E-state index in [4.69, 9.17) is 0 Å². The van der Waals surface area contributed by atoms with Crippen molar-refractivity contribution in [2.24, 2.45) is 5.92 Å². The standard InChI is InChI=1S/C11H20N2O3.ClH/c1-8(11(15)16-2)13-10(14)9-4-3-6-12-7-5-9;/h8-9,12H,3-7H2,1-2H3,(H,13,14);1H. The maximum atomic E-state index is 11.8. The lowest BCUT2D eigenvalue weighted by Crippen LogP contribution is -2.42. The van der Waals surface area contributed by atoms with Crippen LogP contribution in [0, 0.1) is 5.92 Å². The zero-order valence-electron chi connectivity index (χ0n) is 10.3. The molecule has 0 radical (unpaired) electrons. The number of ether oxygens (including phenoxy) is 1. The predicted molar refractivity (Wildman–Crippen MR) is 67.1 cm³/mol. The molecule has 1 amide bonds. The highest BCUT2D eigenvalue weighted by Crippen LogP contribution is 2.13. The fourth-order valence-electron chi connectivity index (χ4n) is 1.85. The van der Waals surface area contributed by atoms with Crippen molar-refractivity contribution in [3.63, 3.8) is 0 Å². The normalized spacial score (nSPS) is 21.6. The van der Waals surface area contributed by atoms with E-state index in [9.17, 15) is 9.59 Å². The van der Waals surface area contributed by atoms with Crippen LogP contribution >= 0.6 is 12.4 Å². The minimum absolute atomic E-state index is 0. The SMILES string of the molecule is COC(=O)C(C)NC(=O)C1CCCNCC1.Cl. The Morgan fingerprint density at radius 2 is 2.06 bits per heavy atom. The number of hydrogen-bond donors (Lipinski definition) is 2. The van der Waals surface area contributed by atoms with Crippen molar-refractivity contribution < 1.29 is 14.3 Å². The van der Waals surface area contributed by atoms with Crippen molar-refractivity contribution in [2.45, 2.75) is 32.2 Å². The van der Waals surface area contributed by atoms with Gasteiger partial charge in [0, 0.05) is 5.92 Å². The monoisotopic (exact) mass is 264 g/mol. The van der Waals surface area contributed by atoms with E-state index in [2.05, 4.69) is 15.4 Å². The topological polar surface area (TPSA) is 67.4 Å². The molecule has 0 bridgehead atoms. The Bertz CT molecular complexity index is 253. The number of esters is 1. The molecule has 2 atom stereocenters. The first-order valence-corrected chi connectivity index (χ1v) is 5.74. The van der Waals surface area contributed by atoms with Crippen LogP contribution in [0.3, 0.4) is 0 Å². The highest BCUT2D eigenvalue weighted by molar-refractivity contribution is 5.85. The lowest BCUT2D eigenvalue weighted by atomic mass is 9.99. The highest BCUT2D eigenvalue weighted by Gasteiger charge is 2.23. The number of halogens is 1. The van der Waals surface area contributed by atoms with Crippen molar-refractivity contribution in [3.05, 3.63) is 0 Å². The molecule has 2 unspecified atom stereocenters. The molecule has 0 aromatic rings. The van der Waals surface area contributed by atoms with E-state index in [0.29, 0.717) is 0 Å². The average molecular weight is 265 g/mol. The second-order valence-electron chi connectivity index (χ2n) is 4.13. The van der Waals surface area contributed by atoms with Crippen LogP contribution in [-0.2, 0) is 14.3 Å². The second-order valence-corrected chi connectivity index (χ2v) is 4.13. The van der Waals surface area contributed by atoms with Crippen LogP contribution in [0.1, 0.15) is 26.2 Å². The maximum absolute atomic E-state index is 11.8. The Morgan fingerprint density at radius 1 is 1.35 bits per heavy atom. The van der Waals surface area contributed by atoms with Crippen LogP contribution in [0.15, 0.2) is 0 Å². The Labute approximate surface area is 108 Å². The molecule has 0 aromatic carbocycles. The van der Waals surface area contributed by atoms with Gasteiger partial charge in [-0.3, -0.25) is 4.79 Å². The van der Waals surface area contributed by atoms with Crippen molar-refractivity contribution in [2.75, 3.05) is 20.2 Å². The molecule has 0 saturated carbocycles. The third-order valence-electron chi connectivity index (χ3n) is 2.86. The average Bonchev–Trinajstić information content (AvgIpc) is 2.56. The van der Waals surface area contributed by atoms with Gasteiger partial charge in [-0.25, -0.2) is 4.79 Å². The minimum atomic E-state index is -0.561. The fourth-order valence-corrected chi connectivity index (χ4v) is 1.85. The number of methoxy groups -OCH3 is 1. The molecule has 2 N–H and O–H groups in total. The molecule has 0 aliphatic carbocycles. The molecule has 100 valence electrons. The molecular weight excluding hydrogens is 244 g/mol. The molecule has 6 heteroatoms. The van der Waals surface area contributed by atoms with Crippen LogP contribution in [0.25, 0.3) is 0 Å². The lowest BCUT2D eigenvalue weighted by molar-refractivity contribution is -0.145. The Morgan fingerprint density at radius 3 is 2.71 bits per heavy atom. The molecule has 1 fully saturated rings. The van der Waals surface area contributed by atoms with Crippen LogP contribution in [0.5, 0.6) is 0 Å². The van der Waals surface area contributed by atoms with Gasteiger partial charge >= 0.3 is 5.97 Å². The first-order valence-electron chi connectivity index (χ1n) is 5.74. The largest absolute Gasteiger partial charge is 0.467 e. The summed E-state index contributed by atoms with van der Waals surface area (Å²) < 4.78 is 4.56. The number of carbonyl (C=O) groups is 2. The molecular formula is C11H21ClN2O3. The van der Waals surface area contributed by atoms with Crippen molar-refractivity contribution in [1.29, 1.82) is 0 Å². The third kappa shape index (κ3) is 5.37. The Balaban J connectivity index is 0.00000256. The van der Waals surface area contributed by atoms with Gasteiger partial charge in [-0.2, -0.15) is 0 Å². The van der Waals surface area contributed by atoms with Crippen molar-refractivity contribution in [3.8, 4) is 0 Å². The van der Waals surface area contributed by atoms with E-state index >= 15 is 0 Å². The molecule has 17 heavy (non-hydrogen) atoms. The molecule has 1 saturated heterocycles. The Hall–Kier alpha value is -0.810. The Kier molecular flexibility index (Phi) is 7.91. The number of amides is 1. The van der Waals surface area contributed by atoms with Gasteiger partial charge in [0.2, 0.25) is 5.91 Å². The zero-order valence-corrected chi connectivity index (χ0v) is 11.1. The van der Waals surface area contributed by atoms with Gasteiger partial charge in [-0.05, 0) is 39.3 Å². The van der Waals surface area contributed by atoms with E-state index < -0.39 is 12.0 Å². The summed E-state index contributed by atoms with van der Waals surface area (Å²) in [4.78, 5) is 23.0. The van der Waals surface area contributed by atoms with E-state index in [0.717, 1.165) is 32.4 Å². The van der Waals surface area contributed by atoms with Crippen LogP contribution in [-0.4, -0.2) is 38.1 Å². The summed E-state index contributed by atoms with van der Waals surface area (Å²) in [7, 11) is 1.32. The van der Waals surface area contributed by atoms with E-state index in [1.807, 2.05) is 0 Å². The summed E-state index contributed by atoms with van der Waals surface area (Å²) in [6, 6.07) is -0.561. The number of hydrogen-bond acceptors (Lipinski definition) is 4. The van der Waals surface area contributed by atoms with E-state index in [1.54, 1.807) is 6.92 Å². The van der Waals surface area contributed by atoms with Gasteiger partial charge in [-0.1, -0.05) is 0 Å². The first kappa shape index (κ1) is 16.2. The van der Waals surface area contributed by atoms with E-state index in [-0.39, 0.29) is 24.2 Å². The molecule has 1 aliphatic rings. The smallest absolute Gasteiger partial charge is 0.328 e. The summed E-state index contributed by atoms with van der Waals surface area (Å²) in [6.07, 6.45) is 2.72. The molecule has 1 rings (SSSR count). The molecule has 0 spiro atoms. The van der Waals surface area contributed by atoms with Crippen molar-refractivity contribution >= 4 is 24.3 Å². The van der Waals surface area contributed by atoms with Gasteiger partial charge < -0.3 is 15.4 Å². The fraction of sp³-hybridized carbons (Fsp3) is 0.818. The quantitative estimate of drug-likeness (QED) is 0.728. The summed E-state index contributed by atoms with van der Waals surface area (Å²) >= 11 is 0. The van der Waals surface area contributed by atoms with Gasteiger partial charge in [0.1, 0.15) is 6.04 Å². The number of nitrogens with one attached hydrogen (secondary N) is 2. The van der Waals surface area contributed by atoms with Crippen molar-refractivity contribution in [1.82, 2.24) is 10.6 Å². The van der Waals surface area contributed by atoms with Gasteiger partial charge in [-0.15, -0.1) is 12.4 Å². The van der Waals surface area contributed by atoms with Crippen LogP contribution in [0.4, 0.5) is 0 Å². The summed E-state index contributed by atoms with van der Waals surface area (Å²) in [5.74, 6) is -0.427. The summed E-state index contributed by atoms with van der Waals surface area (Å²) in [5.41, 5.74) is 0. The maximum Gasteiger partial charge on any atom is 0.328 e. The summed E-state index contributed by atoms with van der Waals surface area (Å²) in [5, 5.41) is 5.93. The first-order chi connectivity index (χ1) is 7.65.